The Morgan fingerprint density at radius 3 is 2.86 bits per heavy atom. The van der Waals surface area contributed by atoms with Gasteiger partial charge in [0.2, 0.25) is 0 Å². The number of rotatable bonds is 5. The zero-order chi connectivity index (χ0) is 19.5. The van der Waals surface area contributed by atoms with Crippen LogP contribution in [-0.2, 0) is 13.6 Å². The second-order valence-electron chi connectivity index (χ2n) is 6.39. The van der Waals surface area contributed by atoms with Gasteiger partial charge in [0.1, 0.15) is 12.1 Å². The van der Waals surface area contributed by atoms with Crippen LogP contribution in [0.3, 0.4) is 0 Å². The Bertz CT molecular complexity index is 1150. The Morgan fingerprint density at radius 1 is 1.14 bits per heavy atom. The van der Waals surface area contributed by atoms with Crippen molar-refractivity contribution in [3.8, 4) is 0 Å². The first-order valence-electron chi connectivity index (χ1n) is 8.81. The van der Waals surface area contributed by atoms with Crippen LogP contribution < -0.4 is 10.6 Å². The molecule has 2 N–H and O–H groups in total. The van der Waals surface area contributed by atoms with Crippen LogP contribution in [0.4, 0.5) is 11.5 Å². The van der Waals surface area contributed by atoms with E-state index >= 15 is 0 Å². The summed E-state index contributed by atoms with van der Waals surface area (Å²) in [4.78, 5) is 25.4. The van der Waals surface area contributed by atoms with Gasteiger partial charge in [-0.3, -0.25) is 14.5 Å². The topological polar surface area (TPSA) is 97.6 Å². The predicted octanol–water partition coefficient (Wildman–Crippen LogP) is 2.74. The Balaban J connectivity index is 1.50. The van der Waals surface area contributed by atoms with Crippen molar-refractivity contribution in [3.05, 3.63) is 71.9 Å². The van der Waals surface area contributed by atoms with Crippen molar-refractivity contribution in [2.75, 3.05) is 5.32 Å². The standard InChI is InChI=1S/C20H19N7O/c1-13-5-3-8-16(25-13)10-21-20(28)14-6-4-7-15(9-14)26-18-17-11-24-27(2)19(17)23-12-22-18/h3-9,11-12H,10H2,1-2H3,(H,21,28)(H,22,23,26). The molecule has 4 aromatic rings. The number of aryl methyl sites for hydroxylation is 2. The molecule has 3 heterocycles. The lowest BCUT2D eigenvalue weighted by Gasteiger charge is -2.09. The van der Waals surface area contributed by atoms with Gasteiger partial charge in [-0.15, -0.1) is 0 Å². The van der Waals surface area contributed by atoms with E-state index in [0.717, 1.165) is 28.1 Å². The monoisotopic (exact) mass is 373 g/mol. The fourth-order valence-electron chi connectivity index (χ4n) is 2.91. The molecule has 0 aliphatic heterocycles. The summed E-state index contributed by atoms with van der Waals surface area (Å²) < 4.78 is 1.69. The van der Waals surface area contributed by atoms with Crippen LogP contribution in [0.1, 0.15) is 21.7 Å². The Morgan fingerprint density at radius 2 is 2.00 bits per heavy atom. The highest BCUT2D eigenvalue weighted by Crippen LogP contribution is 2.22. The normalized spacial score (nSPS) is 10.8. The number of amides is 1. The highest BCUT2D eigenvalue weighted by molar-refractivity contribution is 5.95. The summed E-state index contributed by atoms with van der Waals surface area (Å²) in [7, 11) is 1.83. The smallest absolute Gasteiger partial charge is 0.251 e. The van der Waals surface area contributed by atoms with Crippen molar-refractivity contribution in [2.24, 2.45) is 7.05 Å². The van der Waals surface area contributed by atoms with Crippen LogP contribution in [0.5, 0.6) is 0 Å². The molecular formula is C20H19N7O. The maximum absolute atomic E-state index is 12.5. The molecule has 0 spiro atoms. The maximum Gasteiger partial charge on any atom is 0.251 e. The average Bonchev–Trinajstić information content (AvgIpc) is 3.08. The molecular weight excluding hydrogens is 354 g/mol. The van der Waals surface area contributed by atoms with E-state index in [9.17, 15) is 4.79 Å². The minimum Gasteiger partial charge on any atom is -0.346 e. The number of benzene rings is 1. The molecule has 8 heteroatoms. The van der Waals surface area contributed by atoms with Gasteiger partial charge < -0.3 is 10.6 Å². The first-order chi connectivity index (χ1) is 13.6. The summed E-state index contributed by atoms with van der Waals surface area (Å²) in [6.07, 6.45) is 3.20. The Hall–Kier alpha value is -3.81. The van der Waals surface area contributed by atoms with Crippen LogP contribution >= 0.6 is 0 Å². The summed E-state index contributed by atoms with van der Waals surface area (Å²) in [5.41, 5.74) is 3.78. The summed E-state index contributed by atoms with van der Waals surface area (Å²) in [5, 5.41) is 11.2. The summed E-state index contributed by atoms with van der Waals surface area (Å²) in [6, 6.07) is 13.0. The molecule has 140 valence electrons. The number of carbonyl (C=O) groups excluding carboxylic acids is 1. The van der Waals surface area contributed by atoms with Crippen molar-refractivity contribution in [1.29, 1.82) is 0 Å². The third-order valence-electron chi connectivity index (χ3n) is 4.29. The van der Waals surface area contributed by atoms with Crippen molar-refractivity contribution in [1.82, 2.24) is 30.0 Å². The molecule has 0 saturated heterocycles. The molecule has 1 amide bonds. The van der Waals surface area contributed by atoms with E-state index < -0.39 is 0 Å². The largest absolute Gasteiger partial charge is 0.346 e. The number of carbonyl (C=O) groups is 1. The van der Waals surface area contributed by atoms with Gasteiger partial charge >= 0.3 is 0 Å². The van der Waals surface area contributed by atoms with Crippen molar-refractivity contribution in [3.63, 3.8) is 0 Å². The number of pyridine rings is 1. The zero-order valence-corrected chi connectivity index (χ0v) is 15.5. The van der Waals surface area contributed by atoms with Crippen LogP contribution in [0, 0.1) is 6.92 Å². The zero-order valence-electron chi connectivity index (χ0n) is 15.5. The van der Waals surface area contributed by atoms with Crippen molar-refractivity contribution in [2.45, 2.75) is 13.5 Å². The molecule has 0 atom stereocenters. The molecule has 4 rings (SSSR count). The number of aromatic nitrogens is 5. The van der Waals surface area contributed by atoms with Gasteiger partial charge in [-0.25, -0.2) is 9.97 Å². The van der Waals surface area contributed by atoms with Crippen molar-refractivity contribution < 1.29 is 4.79 Å². The number of hydrogen-bond donors (Lipinski definition) is 2. The van der Waals surface area contributed by atoms with E-state index in [-0.39, 0.29) is 5.91 Å². The average molecular weight is 373 g/mol. The van der Waals surface area contributed by atoms with Gasteiger partial charge in [0.15, 0.2) is 5.65 Å². The summed E-state index contributed by atoms with van der Waals surface area (Å²) in [5.74, 6) is 0.473. The van der Waals surface area contributed by atoms with E-state index in [1.165, 1.54) is 6.33 Å². The third kappa shape index (κ3) is 3.66. The number of nitrogens with zero attached hydrogens (tertiary/aromatic N) is 5. The predicted molar refractivity (Wildman–Crippen MR) is 106 cm³/mol. The van der Waals surface area contributed by atoms with Gasteiger partial charge in [-0.05, 0) is 37.3 Å². The van der Waals surface area contributed by atoms with E-state index in [4.69, 9.17) is 0 Å². The lowest BCUT2D eigenvalue weighted by atomic mass is 10.2. The molecule has 0 bridgehead atoms. The highest BCUT2D eigenvalue weighted by Gasteiger charge is 2.10. The second kappa shape index (κ2) is 7.43. The molecule has 0 aliphatic carbocycles. The first-order valence-corrected chi connectivity index (χ1v) is 8.81. The van der Waals surface area contributed by atoms with Gasteiger partial charge in [-0.1, -0.05) is 12.1 Å². The third-order valence-corrected chi connectivity index (χ3v) is 4.29. The molecule has 0 radical (unpaired) electrons. The summed E-state index contributed by atoms with van der Waals surface area (Å²) in [6.45, 7) is 2.30. The molecule has 0 fully saturated rings. The molecule has 0 aliphatic rings. The van der Waals surface area contributed by atoms with Crippen LogP contribution in [0.25, 0.3) is 11.0 Å². The quantitative estimate of drug-likeness (QED) is 0.558. The van der Waals surface area contributed by atoms with E-state index in [1.807, 2.05) is 44.3 Å². The molecule has 28 heavy (non-hydrogen) atoms. The SMILES string of the molecule is Cc1cccc(CNC(=O)c2cccc(Nc3ncnc4c3cnn4C)c2)n1. The number of nitrogens with one attached hydrogen (secondary N) is 2. The number of hydrogen-bond acceptors (Lipinski definition) is 6. The minimum absolute atomic E-state index is 0.166. The molecule has 8 nitrogen and oxygen atoms in total. The van der Waals surface area contributed by atoms with Gasteiger partial charge in [0.05, 0.1) is 23.8 Å². The lowest BCUT2D eigenvalue weighted by molar-refractivity contribution is 0.0950. The number of anilines is 2. The van der Waals surface area contributed by atoms with Gasteiger partial charge in [0, 0.05) is 24.0 Å². The lowest BCUT2D eigenvalue weighted by Crippen LogP contribution is -2.23. The number of fused-ring (bicyclic) bond motifs is 1. The van der Waals surface area contributed by atoms with E-state index in [2.05, 4.69) is 30.7 Å². The van der Waals surface area contributed by atoms with Crippen LogP contribution in [0.15, 0.2) is 55.0 Å². The van der Waals surface area contributed by atoms with Crippen molar-refractivity contribution >= 4 is 28.4 Å². The van der Waals surface area contributed by atoms with Gasteiger partial charge in [0.25, 0.3) is 5.91 Å². The Labute approximate surface area is 161 Å². The first kappa shape index (κ1) is 17.6. The highest BCUT2D eigenvalue weighted by atomic mass is 16.1. The molecule has 1 aromatic carbocycles. The minimum atomic E-state index is -0.166. The molecule has 0 saturated carbocycles. The maximum atomic E-state index is 12.5. The fraction of sp³-hybridized carbons (Fsp3) is 0.150. The second-order valence-corrected chi connectivity index (χ2v) is 6.39. The van der Waals surface area contributed by atoms with E-state index in [1.54, 1.807) is 23.0 Å². The van der Waals surface area contributed by atoms with Gasteiger partial charge in [-0.2, -0.15) is 5.10 Å². The van der Waals surface area contributed by atoms with Crippen LogP contribution in [0.2, 0.25) is 0 Å². The fourth-order valence-corrected chi connectivity index (χ4v) is 2.91. The van der Waals surface area contributed by atoms with Crippen LogP contribution in [-0.4, -0.2) is 30.6 Å². The summed E-state index contributed by atoms with van der Waals surface area (Å²) >= 11 is 0. The Kier molecular flexibility index (Phi) is 4.67. The molecule has 0 unspecified atom stereocenters. The molecule has 3 aromatic heterocycles. The van der Waals surface area contributed by atoms with E-state index in [0.29, 0.717) is 17.9 Å².